The van der Waals surface area contributed by atoms with E-state index >= 15 is 0 Å². The van der Waals surface area contributed by atoms with Crippen LogP contribution in [0.25, 0.3) is 0 Å². The molecule has 0 spiro atoms. The smallest absolute Gasteiger partial charge is 0.161 e. The largest absolute Gasteiger partial charge is 0.493 e. The van der Waals surface area contributed by atoms with Crippen molar-refractivity contribution in [2.24, 2.45) is 0 Å². The van der Waals surface area contributed by atoms with Gasteiger partial charge in [-0.15, -0.1) is 6.42 Å². The molecule has 0 bridgehead atoms. The number of rotatable bonds is 4. The number of ether oxygens (including phenoxy) is 2. The fourth-order valence-electron chi connectivity index (χ4n) is 3.97. The molecule has 2 fully saturated rings. The molecule has 2 aliphatic carbocycles. The van der Waals surface area contributed by atoms with Gasteiger partial charge in [-0.05, 0) is 69.1 Å². The third-order valence-corrected chi connectivity index (χ3v) is 5.31. The lowest BCUT2D eigenvalue weighted by atomic mass is 9.69. The van der Waals surface area contributed by atoms with Crippen molar-refractivity contribution >= 4 is 0 Å². The van der Waals surface area contributed by atoms with E-state index in [0.717, 1.165) is 49.2 Å². The first-order valence-electron chi connectivity index (χ1n) is 8.68. The summed E-state index contributed by atoms with van der Waals surface area (Å²) in [6.07, 6.45) is 13.8. The topological polar surface area (TPSA) is 38.7 Å². The molecule has 1 N–H and O–H groups in total. The van der Waals surface area contributed by atoms with Gasteiger partial charge in [0.15, 0.2) is 11.5 Å². The molecule has 0 aliphatic heterocycles. The van der Waals surface area contributed by atoms with Crippen molar-refractivity contribution in [1.82, 2.24) is 0 Å². The van der Waals surface area contributed by atoms with E-state index < -0.39 is 5.41 Å². The Morgan fingerprint density at radius 1 is 1.17 bits per heavy atom. The number of hydrogen-bond acceptors (Lipinski definition) is 3. The lowest BCUT2D eigenvalue weighted by molar-refractivity contribution is 0.103. The highest BCUT2D eigenvalue weighted by Gasteiger charge is 2.36. The zero-order valence-electron chi connectivity index (χ0n) is 13.9. The average molecular weight is 314 g/mol. The Kier molecular flexibility index (Phi) is 4.82. The second-order valence-electron chi connectivity index (χ2n) is 6.87. The van der Waals surface area contributed by atoms with Gasteiger partial charge in [0, 0.05) is 0 Å². The van der Waals surface area contributed by atoms with Crippen LogP contribution in [0.1, 0.15) is 56.9 Å². The fraction of sp³-hybridized carbons (Fsp3) is 0.600. The zero-order valence-corrected chi connectivity index (χ0v) is 13.9. The van der Waals surface area contributed by atoms with E-state index in [-0.39, 0.29) is 12.2 Å². The van der Waals surface area contributed by atoms with Crippen LogP contribution in [-0.4, -0.2) is 24.4 Å². The van der Waals surface area contributed by atoms with E-state index in [4.69, 9.17) is 15.9 Å². The molecular formula is C20H26O3. The van der Waals surface area contributed by atoms with E-state index in [1.807, 2.05) is 18.2 Å². The first-order valence-corrected chi connectivity index (χ1v) is 8.68. The number of aliphatic hydroxyl groups is 1. The summed E-state index contributed by atoms with van der Waals surface area (Å²) < 4.78 is 11.6. The first-order chi connectivity index (χ1) is 11.2. The summed E-state index contributed by atoms with van der Waals surface area (Å²) in [5.74, 6) is 4.50. The summed E-state index contributed by atoms with van der Waals surface area (Å²) in [5.41, 5.74) is 0.671. The average Bonchev–Trinajstić information content (AvgIpc) is 3.07. The second kappa shape index (κ2) is 6.84. The Bertz CT molecular complexity index is 583. The van der Waals surface area contributed by atoms with Gasteiger partial charge in [0.2, 0.25) is 0 Å². The number of hydrogen-bond donors (Lipinski definition) is 1. The molecule has 0 saturated heterocycles. The Hall–Kier alpha value is -1.66. The van der Waals surface area contributed by atoms with Crippen LogP contribution in [0.3, 0.4) is 0 Å². The van der Waals surface area contributed by atoms with Gasteiger partial charge in [-0.1, -0.05) is 12.0 Å². The maximum absolute atomic E-state index is 10.1. The van der Waals surface area contributed by atoms with Crippen molar-refractivity contribution in [3.8, 4) is 23.8 Å². The molecule has 1 aromatic carbocycles. The molecule has 124 valence electrons. The molecule has 0 heterocycles. The minimum atomic E-state index is -0.391. The van der Waals surface area contributed by atoms with Crippen molar-refractivity contribution in [3.05, 3.63) is 23.8 Å². The third-order valence-electron chi connectivity index (χ3n) is 5.31. The van der Waals surface area contributed by atoms with Crippen molar-refractivity contribution < 1.29 is 14.6 Å². The molecule has 3 heteroatoms. The molecule has 2 saturated carbocycles. The van der Waals surface area contributed by atoms with Gasteiger partial charge >= 0.3 is 0 Å². The Morgan fingerprint density at radius 2 is 1.96 bits per heavy atom. The van der Waals surface area contributed by atoms with Crippen LogP contribution in [0.5, 0.6) is 11.5 Å². The Labute approximate surface area is 139 Å². The monoisotopic (exact) mass is 314 g/mol. The normalized spacial score (nSPS) is 28.3. The van der Waals surface area contributed by atoms with E-state index in [1.165, 1.54) is 12.8 Å². The number of terminal acetylenes is 1. The van der Waals surface area contributed by atoms with Crippen LogP contribution in [0.15, 0.2) is 18.2 Å². The van der Waals surface area contributed by atoms with Crippen molar-refractivity contribution in [3.63, 3.8) is 0 Å². The highest BCUT2D eigenvalue weighted by molar-refractivity contribution is 5.48. The fourth-order valence-corrected chi connectivity index (χ4v) is 3.97. The SMILES string of the molecule is C#C[C@]1(c2ccc(OC)c(OC3CCCC3)c2)CCC[C@H](O)C1. The van der Waals surface area contributed by atoms with Gasteiger partial charge in [-0.3, -0.25) is 0 Å². The van der Waals surface area contributed by atoms with E-state index in [1.54, 1.807) is 7.11 Å². The number of benzene rings is 1. The van der Waals surface area contributed by atoms with Crippen molar-refractivity contribution in [1.29, 1.82) is 0 Å². The van der Waals surface area contributed by atoms with E-state index in [9.17, 15) is 5.11 Å². The summed E-state index contributed by atoms with van der Waals surface area (Å²) in [7, 11) is 1.66. The van der Waals surface area contributed by atoms with Crippen molar-refractivity contribution in [2.75, 3.05) is 7.11 Å². The molecule has 0 aromatic heterocycles. The van der Waals surface area contributed by atoms with Gasteiger partial charge in [0.1, 0.15) is 0 Å². The van der Waals surface area contributed by atoms with Gasteiger partial charge in [-0.2, -0.15) is 0 Å². The van der Waals surface area contributed by atoms with Gasteiger partial charge in [0.05, 0.1) is 24.7 Å². The minimum Gasteiger partial charge on any atom is -0.493 e. The molecule has 3 rings (SSSR count). The van der Waals surface area contributed by atoms with Crippen molar-refractivity contribution in [2.45, 2.75) is 69.0 Å². The summed E-state index contributed by atoms with van der Waals surface area (Å²) in [6, 6.07) is 6.01. The van der Waals surface area contributed by atoms with Crippen LogP contribution in [-0.2, 0) is 5.41 Å². The van der Waals surface area contributed by atoms with E-state index in [2.05, 4.69) is 5.92 Å². The number of aliphatic hydroxyl groups excluding tert-OH is 1. The van der Waals surface area contributed by atoms with Crippen LogP contribution in [0, 0.1) is 12.3 Å². The summed E-state index contributed by atoms with van der Waals surface area (Å²) in [6.45, 7) is 0. The predicted octanol–water partition coefficient (Wildman–Crippen LogP) is 3.82. The Morgan fingerprint density at radius 3 is 2.61 bits per heavy atom. The summed E-state index contributed by atoms with van der Waals surface area (Å²) in [5, 5.41) is 10.1. The van der Waals surface area contributed by atoms with Crippen LogP contribution in [0.2, 0.25) is 0 Å². The minimum absolute atomic E-state index is 0.276. The lowest BCUT2D eigenvalue weighted by Crippen LogP contribution is -2.34. The quantitative estimate of drug-likeness (QED) is 0.859. The first kappa shape index (κ1) is 16.2. The lowest BCUT2D eigenvalue weighted by Gasteiger charge is -2.36. The van der Waals surface area contributed by atoms with Crippen LogP contribution in [0.4, 0.5) is 0 Å². The van der Waals surface area contributed by atoms with Gasteiger partial charge in [0.25, 0.3) is 0 Å². The molecule has 0 radical (unpaired) electrons. The molecular weight excluding hydrogens is 288 g/mol. The molecule has 3 nitrogen and oxygen atoms in total. The standard InChI is InChI=1S/C20H26O3/c1-3-20(12-6-7-16(21)14-20)15-10-11-18(22-2)19(13-15)23-17-8-4-5-9-17/h1,10-11,13,16-17,21H,4-9,12,14H2,2H3/t16-,20-/m0/s1. The summed E-state index contributed by atoms with van der Waals surface area (Å²) >= 11 is 0. The maximum atomic E-state index is 10.1. The van der Waals surface area contributed by atoms with Crippen LogP contribution < -0.4 is 9.47 Å². The maximum Gasteiger partial charge on any atom is 0.161 e. The van der Waals surface area contributed by atoms with E-state index in [0.29, 0.717) is 6.42 Å². The highest BCUT2D eigenvalue weighted by atomic mass is 16.5. The molecule has 23 heavy (non-hydrogen) atoms. The molecule has 2 aliphatic rings. The molecule has 0 unspecified atom stereocenters. The number of methoxy groups -OCH3 is 1. The molecule has 0 amide bonds. The Balaban J connectivity index is 1.91. The van der Waals surface area contributed by atoms with Crippen LogP contribution >= 0.6 is 0 Å². The third kappa shape index (κ3) is 3.33. The zero-order chi connectivity index (χ0) is 16.3. The summed E-state index contributed by atoms with van der Waals surface area (Å²) in [4.78, 5) is 0. The predicted molar refractivity (Wildman–Crippen MR) is 90.9 cm³/mol. The molecule has 1 aromatic rings. The second-order valence-corrected chi connectivity index (χ2v) is 6.87. The van der Waals surface area contributed by atoms with Gasteiger partial charge < -0.3 is 14.6 Å². The molecule has 2 atom stereocenters. The van der Waals surface area contributed by atoms with Gasteiger partial charge in [-0.25, -0.2) is 0 Å². The highest BCUT2D eigenvalue weighted by Crippen LogP contribution is 2.42.